The Morgan fingerprint density at radius 1 is 1.60 bits per heavy atom. The predicted molar refractivity (Wildman–Crippen MR) is 61.0 cm³/mol. The zero-order chi connectivity index (χ0) is 10.7. The molecular weight excluding hydrogens is 260 g/mol. The van der Waals surface area contributed by atoms with Crippen molar-refractivity contribution in [3.05, 3.63) is 22.8 Å². The molecule has 1 atom stereocenters. The molecule has 15 heavy (non-hydrogen) atoms. The van der Waals surface area contributed by atoms with Gasteiger partial charge in [0.2, 0.25) is 0 Å². The van der Waals surface area contributed by atoms with Gasteiger partial charge in [0.15, 0.2) is 0 Å². The Balaban J connectivity index is 2.20. The first-order valence-electron chi connectivity index (χ1n) is 4.89. The van der Waals surface area contributed by atoms with Crippen molar-refractivity contribution in [3.8, 4) is 0 Å². The number of nitrogens with zero attached hydrogens (tertiary/aromatic N) is 2. The molecule has 1 unspecified atom stereocenters. The predicted octanol–water partition coefficient (Wildman–Crippen LogP) is 1.04. The van der Waals surface area contributed by atoms with Gasteiger partial charge in [-0.1, -0.05) is 6.07 Å². The third-order valence-corrected chi connectivity index (χ3v) is 2.87. The maximum Gasteiger partial charge on any atom is 0.130 e. The fourth-order valence-corrected chi connectivity index (χ4v) is 2.00. The molecule has 1 N–H and O–H groups in total. The van der Waals surface area contributed by atoms with Crippen LogP contribution in [-0.4, -0.2) is 42.5 Å². The highest BCUT2D eigenvalue weighted by atomic mass is 79.9. The first-order chi connectivity index (χ1) is 7.31. The SMILES string of the molecule is OCC1COCCN1c1cccc(Br)n1. The zero-order valence-corrected chi connectivity index (χ0v) is 9.85. The van der Waals surface area contributed by atoms with E-state index in [1.54, 1.807) is 0 Å². The van der Waals surface area contributed by atoms with Crippen molar-refractivity contribution in [2.75, 3.05) is 31.3 Å². The highest BCUT2D eigenvalue weighted by molar-refractivity contribution is 9.10. The van der Waals surface area contributed by atoms with Crippen LogP contribution in [0.5, 0.6) is 0 Å². The molecule has 0 saturated carbocycles. The summed E-state index contributed by atoms with van der Waals surface area (Å²) in [7, 11) is 0. The molecule has 2 heterocycles. The molecular formula is C10H13BrN2O2. The molecule has 0 amide bonds. The van der Waals surface area contributed by atoms with E-state index in [-0.39, 0.29) is 12.6 Å². The van der Waals surface area contributed by atoms with E-state index in [0.29, 0.717) is 13.2 Å². The van der Waals surface area contributed by atoms with Gasteiger partial charge in [0.05, 0.1) is 25.9 Å². The number of hydrogen-bond acceptors (Lipinski definition) is 4. The van der Waals surface area contributed by atoms with Gasteiger partial charge in [-0.05, 0) is 28.1 Å². The number of rotatable bonds is 2. The van der Waals surface area contributed by atoms with Gasteiger partial charge in [-0.25, -0.2) is 4.98 Å². The molecule has 82 valence electrons. The Labute approximate surface area is 97.0 Å². The molecule has 1 saturated heterocycles. The van der Waals surface area contributed by atoms with E-state index in [9.17, 15) is 5.11 Å². The van der Waals surface area contributed by atoms with Crippen LogP contribution in [0.2, 0.25) is 0 Å². The minimum absolute atomic E-state index is 0.0144. The van der Waals surface area contributed by atoms with Gasteiger partial charge in [0.1, 0.15) is 10.4 Å². The average Bonchev–Trinajstić information content (AvgIpc) is 2.29. The lowest BCUT2D eigenvalue weighted by molar-refractivity contribution is 0.0723. The second kappa shape index (κ2) is 4.92. The first kappa shape index (κ1) is 10.9. The second-order valence-corrected chi connectivity index (χ2v) is 4.24. The van der Waals surface area contributed by atoms with E-state index in [0.717, 1.165) is 17.0 Å². The average molecular weight is 273 g/mol. The van der Waals surface area contributed by atoms with Crippen LogP contribution < -0.4 is 4.90 Å². The number of halogens is 1. The van der Waals surface area contributed by atoms with Crippen LogP contribution in [0.4, 0.5) is 5.82 Å². The molecule has 1 aromatic heterocycles. The van der Waals surface area contributed by atoms with Crippen molar-refractivity contribution in [1.82, 2.24) is 4.98 Å². The van der Waals surface area contributed by atoms with Gasteiger partial charge in [0, 0.05) is 6.54 Å². The summed E-state index contributed by atoms with van der Waals surface area (Å²) in [6, 6.07) is 5.79. The molecule has 0 bridgehead atoms. The normalized spacial score (nSPS) is 21.7. The van der Waals surface area contributed by atoms with E-state index < -0.39 is 0 Å². The van der Waals surface area contributed by atoms with Gasteiger partial charge in [0.25, 0.3) is 0 Å². The van der Waals surface area contributed by atoms with E-state index in [4.69, 9.17) is 4.74 Å². The Bertz CT molecular complexity index is 335. The van der Waals surface area contributed by atoms with Gasteiger partial charge >= 0.3 is 0 Å². The summed E-state index contributed by atoms with van der Waals surface area (Å²) >= 11 is 3.34. The van der Waals surface area contributed by atoms with Gasteiger partial charge in [-0.2, -0.15) is 0 Å². The lowest BCUT2D eigenvalue weighted by Gasteiger charge is -2.35. The number of pyridine rings is 1. The van der Waals surface area contributed by atoms with E-state index in [1.165, 1.54) is 0 Å². The van der Waals surface area contributed by atoms with Crippen LogP contribution in [-0.2, 0) is 4.74 Å². The van der Waals surface area contributed by atoms with Crippen LogP contribution in [0.25, 0.3) is 0 Å². The molecule has 1 aliphatic heterocycles. The van der Waals surface area contributed by atoms with E-state index in [2.05, 4.69) is 25.8 Å². The zero-order valence-electron chi connectivity index (χ0n) is 8.27. The third kappa shape index (κ3) is 2.48. The summed E-state index contributed by atoms with van der Waals surface area (Å²) in [5, 5.41) is 9.23. The summed E-state index contributed by atoms with van der Waals surface area (Å²) < 4.78 is 6.12. The first-order valence-corrected chi connectivity index (χ1v) is 5.68. The molecule has 1 fully saturated rings. The molecule has 0 radical (unpaired) electrons. The Morgan fingerprint density at radius 2 is 2.47 bits per heavy atom. The van der Waals surface area contributed by atoms with Crippen molar-refractivity contribution < 1.29 is 9.84 Å². The van der Waals surface area contributed by atoms with Crippen LogP contribution in [0, 0.1) is 0 Å². The number of morpholine rings is 1. The Kier molecular flexibility index (Phi) is 3.56. The van der Waals surface area contributed by atoms with Crippen LogP contribution >= 0.6 is 15.9 Å². The molecule has 1 aliphatic rings. The molecule has 2 rings (SSSR count). The van der Waals surface area contributed by atoms with Crippen molar-refractivity contribution in [2.24, 2.45) is 0 Å². The van der Waals surface area contributed by atoms with Gasteiger partial charge in [-0.3, -0.25) is 0 Å². The quantitative estimate of drug-likeness (QED) is 0.818. The monoisotopic (exact) mass is 272 g/mol. The highest BCUT2D eigenvalue weighted by Gasteiger charge is 2.23. The van der Waals surface area contributed by atoms with Crippen molar-refractivity contribution in [3.63, 3.8) is 0 Å². The third-order valence-electron chi connectivity index (χ3n) is 2.43. The molecule has 5 heteroatoms. The minimum atomic E-state index is 0.0144. The number of ether oxygens (including phenoxy) is 1. The highest BCUT2D eigenvalue weighted by Crippen LogP contribution is 2.19. The largest absolute Gasteiger partial charge is 0.394 e. The Morgan fingerprint density at radius 3 is 3.20 bits per heavy atom. The van der Waals surface area contributed by atoms with E-state index >= 15 is 0 Å². The summed E-state index contributed by atoms with van der Waals surface area (Å²) in [4.78, 5) is 6.45. The molecule has 0 aromatic carbocycles. The molecule has 0 aliphatic carbocycles. The van der Waals surface area contributed by atoms with Crippen molar-refractivity contribution in [1.29, 1.82) is 0 Å². The number of aromatic nitrogens is 1. The summed E-state index contributed by atoms with van der Waals surface area (Å²) in [6.07, 6.45) is 0. The fraction of sp³-hybridized carbons (Fsp3) is 0.500. The second-order valence-electron chi connectivity index (χ2n) is 3.42. The van der Waals surface area contributed by atoms with Crippen molar-refractivity contribution in [2.45, 2.75) is 6.04 Å². The number of aliphatic hydroxyl groups is 1. The van der Waals surface area contributed by atoms with Crippen LogP contribution in [0.15, 0.2) is 22.8 Å². The lowest BCUT2D eigenvalue weighted by atomic mass is 10.2. The standard InChI is InChI=1S/C10H13BrN2O2/c11-9-2-1-3-10(12-9)13-4-5-15-7-8(13)6-14/h1-3,8,14H,4-7H2. The maximum atomic E-state index is 9.23. The fourth-order valence-electron chi connectivity index (χ4n) is 1.67. The molecule has 1 aromatic rings. The van der Waals surface area contributed by atoms with Crippen molar-refractivity contribution >= 4 is 21.7 Å². The smallest absolute Gasteiger partial charge is 0.130 e. The Hall–Kier alpha value is -0.650. The summed E-state index contributed by atoms with van der Waals surface area (Å²) in [5.41, 5.74) is 0. The van der Waals surface area contributed by atoms with Crippen LogP contribution in [0.3, 0.4) is 0 Å². The number of hydrogen-bond donors (Lipinski definition) is 1. The molecule has 0 spiro atoms. The topological polar surface area (TPSA) is 45.6 Å². The summed E-state index contributed by atoms with van der Waals surface area (Å²) in [6.45, 7) is 2.11. The van der Waals surface area contributed by atoms with E-state index in [1.807, 2.05) is 18.2 Å². The lowest BCUT2D eigenvalue weighted by Crippen LogP contribution is -2.48. The van der Waals surface area contributed by atoms with Gasteiger partial charge in [-0.15, -0.1) is 0 Å². The van der Waals surface area contributed by atoms with Gasteiger partial charge < -0.3 is 14.7 Å². The molecule has 4 nitrogen and oxygen atoms in total. The maximum absolute atomic E-state index is 9.23. The van der Waals surface area contributed by atoms with Crippen LogP contribution in [0.1, 0.15) is 0 Å². The number of aliphatic hydroxyl groups excluding tert-OH is 1. The minimum Gasteiger partial charge on any atom is -0.394 e. The summed E-state index contributed by atoms with van der Waals surface area (Å²) in [5.74, 6) is 0.881. The number of anilines is 1.